The van der Waals surface area contributed by atoms with Crippen LogP contribution in [0.4, 0.5) is 0 Å². The molecule has 0 saturated heterocycles. The Labute approximate surface area is 155 Å². The van der Waals surface area contributed by atoms with Gasteiger partial charge < -0.3 is 1.43 Å². The van der Waals surface area contributed by atoms with Crippen molar-refractivity contribution in [1.82, 2.24) is 0 Å². The van der Waals surface area contributed by atoms with Crippen LogP contribution < -0.4 is 51.4 Å². The summed E-state index contributed by atoms with van der Waals surface area (Å²) in [5.74, 6) is 2.63. The summed E-state index contributed by atoms with van der Waals surface area (Å²) in [4.78, 5) is 0. The van der Waals surface area contributed by atoms with Crippen LogP contribution in [0.25, 0.3) is 0 Å². The van der Waals surface area contributed by atoms with Crippen molar-refractivity contribution in [3.63, 3.8) is 0 Å². The van der Waals surface area contributed by atoms with Crippen LogP contribution in [0.15, 0.2) is 0 Å². The molecule has 0 radical (unpaired) electrons. The standard InChI is InChI=1S/C15H33B.K.H/c1-13(2)7-10-16(11-8-14(3)4)12-9-15(5)6;;/h13-15H,7-12H2,1-6H3;;/q;+1;-1. The second kappa shape index (κ2) is 12.7. The fourth-order valence-electron chi connectivity index (χ4n) is 2.14. The van der Waals surface area contributed by atoms with Gasteiger partial charge in [0, 0.05) is 0 Å². The van der Waals surface area contributed by atoms with Gasteiger partial charge in [0.1, 0.15) is 6.71 Å². The molecule has 0 bridgehead atoms. The van der Waals surface area contributed by atoms with Crippen LogP contribution in [0.3, 0.4) is 0 Å². The van der Waals surface area contributed by atoms with Crippen molar-refractivity contribution >= 4 is 6.71 Å². The van der Waals surface area contributed by atoms with E-state index in [1.807, 2.05) is 0 Å². The van der Waals surface area contributed by atoms with E-state index in [1.54, 1.807) is 0 Å². The van der Waals surface area contributed by atoms with Crippen LogP contribution >= 0.6 is 0 Å². The van der Waals surface area contributed by atoms with E-state index in [2.05, 4.69) is 41.5 Å². The molecule has 0 unspecified atom stereocenters. The number of hydrogen-bond donors (Lipinski definition) is 0. The SMILES string of the molecule is CC(C)CCB(CCC(C)C)CCC(C)C.[H-].[K+]. The summed E-state index contributed by atoms with van der Waals surface area (Å²) in [6.45, 7) is 15.1. The summed E-state index contributed by atoms with van der Waals surface area (Å²) in [6, 6.07) is 0. The Bertz CT molecular complexity index is 132. The predicted octanol–water partition coefficient (Wildman–Crippen LogP) is 2.74. The van der Waals surface area contributed by atoms with Crippen molar-refractivity contribution in [2.24, 2.45) is 17.8 Å². The van der Waals surface area contributed by atoms with E-state index in [4.69, 9.17) is 0 Å². The molecule has 0 aliphatic carbocycles. The second-order valence-corrected chi connectivity index (χ2v) is 6.78. The normalized spacial score (nSPS) is 11.1. The topological polar surface area (TPSA) is 0 Å². The molecule has 0 aliphatic heterocycles. The van der Waals surface area contributed by atoms with Gasteiger partial charge in [-0.25, -0.2) is 0 Å². The third kappa shape index (κ3) is 15.6. The molecule has 0 rings (SSSR count). The zero-order valence-corrected chi connectivity index (χ0v) is 16.7. The van der Waals surface area contributed by atoms with Gasteiger partial charge in [-0.15, -0.1) is 0 Å². The first-order valence-electron chi connectivity index (χ1n) is 7.41. The maximum absolute atomic E-state index is 2.35. The first-order valence-corrected chi connectivity index (χ1v) is 7.41. The van der Waals surface area contributed by atoms with Gasteiger partial charge in [0.05, 0.1) is 0 Å². The van der Waals surface area contributed by atoms with E-state index in [0.29, 0.717) is 0 Å². The van der Waals surface area contributed by atoms with Gasteiger partial charge in [-0.1, -0.05) is 79.8 Å². The molecule has 0 fully saturated rings. The first-order chi connectivity index (χ1) is 7.41. The fourth-order valence-corrected chi connectivity index (χ4v) is 2.14. The van der Waals surface area contributed by atoms with Gasteiger partial charge >= 0.3 is 51.4 Å². The minimum atomic E-state index is 0. The third-order valence-corrected chi connectivity index (χ3v) is 3.46. The number of rotatable bonds is 9. The molecule has 0 aromatic carbocycles. The molecule has 0 aliphatic rings. The molecule has 0 heterocycles. The van der Waals surface area contributed by atoms with Crippen LogP contribution in [-0.4, -0.2) is 6.71 Å². The molecule has 0 atom stereocenters. The molecule has 0 spiro atoms. The molecule has 17 heavy (non-hydrogen) atoms. The van der Waals surface area contributed by atoms with E-state index < -0.39 is 0 Å². The molecule has 0 amide bonds. The zero-order valence-electron chi connectivity index (χ0n) is 14.6. The van der Waals surface area contributed by atoms with Gasteiger partial charge in [0.25, 0.3) is 0 Å². The van der Waals surface area contributed by atoms with Crippen molar-refractivity contribution in [2.75, 3.05) is 0 Å². The van der Waals surface area contributed by atoms with E-state index >= 15 is 0 Å². The van der Waals surface area contributed by atoms with Crippen molar-refractivity contribution in [3.05, 3.63) is 0 Å². The van der Waals surface area contributed by atoms with E-state index in [-0.39, 0.29) is 52.8 Å². The van der Waals surface area contributed by atoms with Gasteiger partial charge in [-0.05, 0) is 17.8 Å². The van der Waals surface area contributed by atoms with Crippen LogP contribution in [0.5, 0.6) is 0 Å². The summed E-state index contributed by atoms with van der Waals surface area (Å²) in [5, 5.41) is 0. The van der Waals surface area contributed by atoms with Crippen LogP contribution in [0, 0.1) is 17.8 Å². The Balaban J connectivity index is -0.00000112. The molecule has 0 aromatic heterocycles. The maximum atomic E-state index is 2.35. The summed E-state index contributed by atoms with van der Waals surface area (Å²) in [6.07, 6.45) is 8.62. The maximum Gasteiger partial charge on any atom is 1.00 e. The summed E-state index contributed by atoms with van der Waals surface area (Å²) in [5.41, 5.74) is 0. The van der Waals surface area contributed by atoms with Crippen molar-refractivity contribution in [2.45, 2.75) is 79.8 Å². The number of hydrogen-bond acceptors (Lipinski definition) is 0. The van der Waals surface area contributed by atoms with E-state index in [1.165, 1.54) is 38.2 Å². The molecule has 2 heteroatoms. The third-order valence-electron chi connectivity index (χ3n) is 3.46. The fraction of sp³-hybridized carbons (Fsp3) is 1.00. The summed E-state index contributed by atoms with van der Waals surface area (Å²) >= 11 is 0. The van der Waals surface area contributed by atoms with Crippen molar-refractivity contribution in [3.8, 4) is 0 Å². The Morgan fingerprint density at radius 1 is 0.647 bits per heavy atom. The quantitative estimate of drug-likeness (QED) is 0.562. The average Bonchev–Trinajstić information content (AvgIpc) is 2.15. The molecule has 0 aromatic rings. The minimum Gasteiger partial charge on any atom is -1.00 e. The summed E-state index contributed by atoms with van der Waals surface area (Å²) in [7, 11) is 0. The van der Waals surface area contributed by atoms with E-state index in [9.17, 15) is 0 Å². The van der Waals surface area contributed by atoms with Gasteiger partial charge in [0.15, 0.2) is 0 Å². The minimum absolute atomic E-state index is 0. The van der Waals surface area contributed by atoms with Gasteiger partial charge in [-0.3, -0.25) is 0 Å². The molecule has 98 valence electrons. The van der Waals surface area contributed by atoms with Crippen LogP contribution in [0.2, 0.25) is 19.0 Å². The molecular weight excluding hydrogens is 230 g/mol. The second-order valence-electron chi connectivity index (χ2n) is 6.78. The van der Waals surface area contributed by atoms with Gasteiger partial charge in [0.2, 0.25) is 0 Å². The molecule has 0 nitrogen and oxygen atoms in total. The Morgan fingerprint density at radius 3 is 1.06 bits per heavy atom. The van der Waals surface area contributed by atoms with Crippen LogP contribution in [0.1, 0.15) is 62.2 Å². The average molecular weight is 264 g/mol. The smallest absolute Gasteiger partial charge is 1.00 e. The first kappa shape index (κ1) is 21.0. The van der Waals surface area contributed by atoms with Crippen LogP contribution in [-0.2, 0) is 0 Å². The van der Waals surface area contributed by atoms with Gasteiger partial charge in [-0.2, -0.15) is 0 Å². The Kier molecular flexibility index (Phi) is 15.7. The summed E-state index contributed by atoms with van der Waals surface area (Å²) < 4.78 is 0. The Hall–Kier alpha value is 1.70. The molecular formula is C15H34BK. The van der Waals surface area contributed by atoms with E-state index in [0.717, 1.165) is 24.5 Å². The van der Waals surface area contributed by atoms with Crippen molar-refractivity contribution < 1.29 is 52.8 Å². The predicted molar refractivity (Wildman–Crippen MR) is 79.7 cm³/mol. The Morgan fingerprint density at radius 2 is 0.882 bits per heavy atom. The largest absolute Gasteiger partial charge is 1.00 e. The molecule has 0 N–H and O–H groups in total. The molecule has 0 saturated carbocycles. The van der Waals surface area contributed by atoms with Crippen molar-refractivity contribution in [1.29, 1.82) is 0 Å². The monoisotopic (exact) mass is 264 g/mol. The zero-order chi connectivity index (χ0) is 12.6.